The van der Waals surface area contributed by atoms with Crippen LogP contribution in [0, 0.1) is 28.1 Å². The molecule has 0 aromatic carbocycles. The van der Waals surface area contributed by atoms with Crippen LogP contribution in [-0.2, 0) is 33.3 Å². The highest BCUT2D eigenvalue weighted by molar-refractivity contribution is 5.96. The highest BCUT2D eigenvalue weighted by atomic mass is 16.8. The molecule has 5 aliphatic rings. The molecule has 0 aromatic heterocycles. The van der Waals surface area contributed by atoms with Crippen LogP contribution in [0.2, 0.25) is 0 Å². The predicted molar refractivity (Wildman–Crippen MR) is 102 cm³/mol. The third-order valence-electron chi connectivity index (χ3n) is 8.62. The normalized spacial score (nSPS) is 53.8. The Labute approximate surface area is 175 Å². The maximum Gasteiger partial charge on any atom is 0.355 e. The number of carbonyl (C=O) groups excluding carboxylic acids is 2. The molecule has 4 fully saturated rings. The van der Waals surface area contributed by atoms with Crippen LogP contribution >= 0.6 is 0 Å². The van der Waals surface area contributed by atoms with Crippen LogP contribution in [0.3, 0.4) is 0 Å². The molecule has 30 heavy (non-hydrogen) atoms. The number of hydrogen-bond donors (Lipinski definition) is 1. The molecular formula is C22H30O8. The van der Waals surface area contributed by atoms with E-state index in [0.29, 0.717) is 12.8 Å². The Morgan fingerprint density at radius 1 is 1.17 bits per heavy atom. The number of methoxy groups -OCH3 is 2. The Morgan fingerprint density at radius 3 is 2.47 bits per heavy atom. The topological polar surface area (TPSA) is 101 Å². The Bertz CT molecular complexity index is 847. The van der Waals surface area contributed by atoms with E-state index in [1.54, 1.807) is 27.2 Å². The van der Waals surface area contributed by atoms with E-state index in [-0.39, 0.29) is 11.3 Å². The molecular weight excluding hydrogens is 392 g/mol. The summed E-state index contributed by atoms with van der Waals surface area (Å²) in [5.41, 5.74) is -5.80. The molecule has 0 bridgehead atoms. The van der Waals surface area contributed by atoms with E-state index in [0.717, 1.165) is 0 Å². The average Bonchev–Trinajstić information content (AvgIpc) is 3.37. The fourth-order valence-corrected chi connectivity index (χ4v) is 7.48. The SMILES string of the molecule is CO[C@@H]1C[C@]2([C@H](OC)O1)[C@H](C(C)(C)C)C[C@H]1OC(=O)[C@]34OC(=O)[C@H](C)[C@@]3(O)C=CC124. The zero-order chi connectivity index (χ0) is 21.9. The lowest BCUT2D eigenvalue weighted by molar-refractivity contribution is -0.246. The molecule has 1 N–H and O–H groups in total. The van der Waals surface area contributed by atoms with Gasteiger partial charge in [-0.1, -0.05) is 32.9 Å². The molecule has 9 atom stereocenters. The summed E-state index contributed by atoms with van der Waals surface area (Å²) in [4.78, 5) is 26.1. The fraction of sp³-hybridized carbons (Fsp3) is 0.818. The van der Waals surface area contributed by atoms with Gasteiger partial charge in [0.15, 0.2) is 12.6 Å². The quantitative estimate of drug-likeness (QED) is 0.529. The van der Waals surface area contributed by atoms with Gasteiger partial charge in [0.25, 0.3) is 5.60 Å². The highest BCUT2D eigenvalue weighted by Crippen LogP contribution is 2.79. The van der Waals surface area contributed by atoms with Crippen molar-refractivity contribution in [1.29, 1.82) is 0 Å². The summed E-state index contributed by atoms with van der Waals surface area (Å²) in [5, 5.41) is 11.7. The summed E-state index contributed by atoms with van der Waals surface area (Å²) in [6, 6.07) is 0. The third-order valence-corrected chi connectivity index (χ3v) is 8.62. The standard InChI is InChI=1S/C22H30O8/c1-11-15(23)30-22-16(24)28-13-9-12(18(2,3)4)19(10-14(26-5)29-17(19)27-6)20(13,22)7-8-21(11,22)25/h7-8,11-14,17,25H,9-10H2,1-6H3/t11-,12-,13+,14-,17+,19+,20?,21-,22+/m0/s1. The molecule has 8 nitrogen and oxygen atoms in total. The first kappa shape index (κ1) is 20.4. The Morgan fingerprint density at radius 2 is 1.87 bits per heavy atom. The zero-order valence-corrected chi connectivity index (χ0v) is 18.3. The van der Waals surface area contributed by atoms with E-state index >= 15 is 0 Å². The number of hydrogen-bond acceptors (Lipinski definition) is 8. The van der Waals surface area contributed by atoms with Crippen LogP contribution in [-0.4, -0.2) is 61.2 Å². The lowest BCUT2D eigenvalue weighted by atomic mass is 9.50. The lowest BCUT2D eigenvalue weighted by Gasteiger charge is -2.52. The summed E-state index contributed by atoms with van der Waals surface area (Å²) in [6.07, 6.45) is 2.53. The molecule has 2 aliphatic carbocycles. The van der Waals surface area contributed by atoms with Crippen LogP contribution in [0.4, 0.5) is 0 Å². The minimum absolute atomic E-state index is 0.0216. The first-order valence-corrected chi connectivity index (χ1v) is 10.5. The Hall–Kier alpha value is -1.48. The number of esters is 2. The molecule has 3 aliphatic heterocycles. The second-order valence-electron chi connectivity index (χ2n) is 10.5. The first-order chi connectivity index (χ1) is 14.0. The molecule has 3 saturated heterocycles. The van der Waals surface area contributed by atoms with Gasteiger partial charge in [0.2, 0.25) is 0 Å². The van der Waals surface area contributed by atoms with E-state index in [1.807, 2.05) is 6.08 Å². The van der Waals surface area contributed by atoms with Crippen LogP contribution in [0.1, 0.15) is 40.5 Å². The summed E-state index contributed by atoms with van der Waals surface area (Å²) in [6.45, 7) is 7.98. The fourth-order valence-electron chi connectivity index (χ4n) is 7.48. The van der Waals surface area contributed by atoms with Gasteiger partial charge in [-0.05, 0) is 24.7 Å². The smallest absolute Gasteiger partial charge is 0.355 e. The second-order valence-corrected chi connectivity index (χ2v) is 10.5. The van der Waals surface area contributed by atoms with E-state index < -0.39 is 58.6 Å². The Balaban J connectivity index is 1.82. The van der Waals surface area contributed by atoms with Gasteiger partial charge in [0.1, 0.15) is 11.7 Å². The summed E-state index contributed by atoms with van der Waals surface area (Å²) in [5.74, 6) is -2.22. The summed E-state index contributed by atoms with van der Waals surface area (Å²) >= 11 is 0. The van der Waals surface area contributed by atoms with Gasteiger partial charge in [-0.2, -0.15) is 0 Å². The molecule has 0 aromatic rings. The summed E-state index contributed by atoms with van der Waals surface area (Å²) < 4.78 is 29.3. The molecule has 3 heterocycles. The van der Waals surface area contributed by atoms with Crippen molar-refractivity contribution < 1.29 is 38.4 Å². The van der Waals surface area contributed by atoms with Gasteiger partial charge in [-0.25, -0.2) is 4.79 Å². The molecule has 5 rings (SSSR count). The number of ether oxygens (including phenoxy) is 5. The van der Waals surface area contributed by atoms with E-state index in [2.05, 4.69) is 20.8 Å². The van der Waals surface area contributed by atoms with Crippen molar-refractivity contribution in [1.82, 2.24) is 0 Å². The van der Waals surface area contributed by atoms with Gasteiger partial charge in [-0.15, -0.1) is 0 Å². The van der Waals surface area contributed by atoms with Crippen LogP contribution in [0.15, 0.2) is 12.2 Å². The highest BCUT2D eigenvalue weighted by Gasteiger charge is 2.93. The third kappa shape index (κ3) is 1.78. The van der Waals surface area contributed by atoms with Crippen LogP contribution < -0.4 is 0 Å². The second kappa shape index (κ2) is 5.65. The van der Waals surface area contributed by atoms with Crippen molar-refractivity contribution >= 4 is 11.9 Å². The van der Waals surface area contributed by atoms with Crippen molar-refractivity contribution in [2.75, 3.05) is 14.2 Å². The van der Waals surface area contributed by atoms with E-state index in [1.165, 1.54) is 0 Å². The first-order valence-electron chi connectivity index (χ1n) is 10.5. The summed E-state index contributed by atoms with van der Waals surface area (Å²) in [7, 11) is 3.13. The minimum Gasteiger partial charge on any atom is -0.458 e. The number of carbonyl (C=O) groups is 2. The zero-order valence-electron chi connectivity index (χ0n) is 18.3. The monoisotopic (exact) mass is 422 g/mol. The van der Waals surface area contributed by atoms with Gasteiger partial charge in [0, 0.05) is 26.1 Å². The van der Waals surface area contributed by atoms with Crippen molar-refractivity contribution in [3.8, 4) is 0 Å². The molecule has 166 valence electrons. The maximum atomic E-state index is 13.4. The van der Waals surface area contributed by atoms with Gasteiger partial charge >= 0.3 is 11.9 Å². The Kier molecular flexibility index (Phi) is 3.85. The molecule has 1 unspecified atom stereocenters. The van der Waals surface area contributed by atoms with Crippen molar-refractivity contribution in [3.63, 3.8) is 0 Å². The average molecular weight is 422 g/mol. The van der Waals surface area contributed by atoms with Gasteiger partial charge in [-0.3, -0.25) is 4.79 Å². The maximum absolute atomic E-state index is 13.4. The number of aliphatic hydroxyl groups is 1. The van der Waals surface area contributed by atoms with Gasteiger partial charge < -0.3 is 28.8 Å². The largest absolute Gasteiger partial charge is 0.458 e. The lowest BCUT2D eigenvalue weighted by Crippen LogP contribution is -2.67. The van der Waals surface area contributed by atoms with Crippen LogP contribution in [0.5, 0.6) is 0 Å². The predicted octanol–water partition coefficient (Wildman–Crippen LogP) is 1.55. The number of rotatable bonds is 2. The molecule has 3 spiro atoms. The van der Waals surface area contributed by atoms with Crippen molar-refractivity contribution in [3.05, 3.63) is 12.2 Å². The molecule has 8 heteroatoms. The molecule has 0 amide bonds. The van der Waals surface area contributed by atoms with Crippen molar-refractivity contribution in [2.45, 2.75) is 70.4 Å². The molecule has 1 saturated carbocycles. The minimum atomic E-state index is -1.86. The van der Waals surface area contributed by atoms with Crippen LogP contribution in [0.25, 0.3) is 0 Å². The van der Waals surface area contributed by atoms with Gasteiger partial charge in [0.05, 0.1) is 11.3 Å². The molecule has 0 radical (unpaired) electrons. The van der Waals surface area contributed by atoms with E-state index in [4.69, 9.17) is 23.7 Å². The van der Waals surface area contributed by atoms with E-state index in [9.17, 15) is 14.7 Å². The van der Waals surface area contributed by atoms with Crippen molar-refractivity contribution in [2.24, 2.45) is 28.1 Å².